The van der Waals surface area contributed by atoms with Crippen LogP contribution < -0.4 is 0 Å². The predicted molar refractivity (Wildman–Crippen MR) is 201 cm³/mol. The lowest BCUT2D eigenvalue weighted by Gasteiger charge is -2.11. The Morgan fingerprint density at radius 3 is 1.71 bits per heavy atom. The molecule has 0 unspecified atom stereocenters. The van der Waals surface area contributed by atoms with Crippen molar-refractivity contribution in [1.82, 2.24) is 19.5 Å². The summed E-state index contributed by atoms with van der Waals surface area (Å²) in [5, 5.41) is 0.499. The van der Waals surface area contributed by atoms with Gasteiger partial charge in [-0.3, -0.25) is 0 Å². The molecule has 0 atom stereocenters. The van der Waals surface area contributed by atoms with Crippen LogP contribution >= 0.6 is 0 Å². The Hall–Kier alpha value is -6.65. The van der Waals surface area contributed by atoms with E-state index in [1.54, 1.807) is 22.8 Å². The topological polar surface area (TPSA) is 43.6 Å². The van der Waals surface area contributed by atoms with Crippen molar-refractivity contribution in [2.24, 2.45) is 0 Å². The predicted octanol–water partition coefficient (Wildman–Crippen LogP) is 11.3. The van der Waals surface area contributed by atoms with E-state index < -0.39 is 42.3 Å². The number of hydrogen-bond donors (Lipinski definition) is 0. The SMILES string of the molecule is [2H]c1c([2H])c([2H])c(-c2cccc3c2c2c([2H])c([2H])c([2H])c([2H])c2n3-c2ccc(-c3nc(-c4ccccc4)nc(-c4cccc(-c5ccccc5)c4)n3)cc2)c([2H])c1[2H]. The van der Waals surface area contributed by atoms with Crippen LogP contribution in [0.3, 0.4) is 0 Å². The molecule has 0 spiro atoms. The standard InChI is InChI=1S/C45H30N4/c1-4-14-31(15-5-1)35-20-12-21-36(30-35)45-47-43(33-18-8-3-9-19-33)46-44(48-45)34-26-28-37(29-27-34)49-40-24-11-10-22-39(40)42-38(23-13-25-41(42)49)32-16-6-2-7-17-32/h1-30H/i2D,6D,7D,10D,11D,16D,17D,22D,24D. The van der Waals surface area contributed by atoms with Crippen LogP contribution in [0.4, 0.5) is 0 Å². The van der Waals surface area contributed by atoms with E-state index >= 15 is 0 Å². The number of fused-ring (bicyclic) bond motifs is 3. The zero-order chi connectivity index (χ0) is 40.4. The van der Waals surface area contributed by atoms with Gasteiger partial charge in [0.05, 0.1) is 23.4 Å². The first-order valence-electron chi connectivity index (χ1n) is 20.2. The summed E-state index contributed by atoms with van der Waals surface area (Å²) in [4.78, 5) is 14.7. The Morgan fingerprint density at radius 1 is 0.408 bits per heavy atom. The van der Waals surface area contributed by atoms with Crippen molar-refractivity contribution >= 4 is 21.8 Å². The zero-order valence-corrected chi connectivity index (χ0v) is 25.9. The molecule has 0 fully saturated rings. The number of hydrogen-bond acceptors (Lipinski definition) is 3. The first-order valence-corrected chi connectivity index (χ1v) is 15.7. The highest BCUT2D eigenvalue weighted by atomic mass is 15.0. The average Bonchev–Trinajstić information content (AvgIpc) is 3.63. The number of aromatic nitrogens is 4. The van der Waals surface area contributed by atoms with Gasteiger partial charge in [-0.05, 0) is 64.7 Å². The molecule has 230 valence electrons. The second-order valence-electron chi connectivity index (χ2n) is 11.4. The smallest absolute Gasteiger partial charge is 0.164 e. The molecular weight excluding hydrogens is 597 g/mol. The summed E-state index contributed by atoms with van der Waals surface area (Å²) in [6.45, 7) is 0. The monoisotopic (exact) mass is 635 g/mol. The summed E-state index contributed by atoms with van der Waals surface area (Å²) < 4.78 is 79.3. The van der Waals surface area contributed by atoms with Crippen molar-refractivity contribution < 1.29 is 12.3 Å². The van der Waals surface area contributed by atoms with Gasteiger partial charge >= 0.3 is 0 Å². The minimum atomic E-state index is -0.530. The van der Waals surface area contributed by atoms with Crippen molar-refractivity contribution in [3.63, 3.8) is 0 Å². The molecular formula is C45H30N4. The first-order chi connectivity index (χ1) is 28.0. The van der Waals surface area contributed by atoms with Crippen LogP contribution in [0.25, 0.3) is 83.9 Å². The minimum Gasteiger partial charge on any atom is -0.309 e. The molecule has 0 saturated heterocycles. The fourth-order valence-electron chi connectivity index (χ4n) is 6.20. The maximum absolute atomic E-state index is 9.06. The molecule has 4 heteroatoms. The Labute approximate surface area is 297 Å². The molecule has 4 nitrogen and oxygen atoms in total. The molecule has 0 amide bonds. The lowest BCUT2D eigenvalue weighted by atomic mass is 9.99. The fraction of sp³-hybridized carbons (Fsp3) is 0. The summed E-state index contributed by atoms with van der Waals surface area (Å²) in [6.07, 6.45) is 0. The van der Waals surface area contributed by atoms with E-state index in [1.165, 1.54) is 0 Å². The summed E-state index contributed by atoms with van der Waals surface area (Å²) in [5.74, 6) is 1.41. The molecule has 7 aromatic carbocycles. The van der Waals surface area contributed by atoms with Crippen LogP contribution in [0, 0.1) is 0 Å². The molecule has 0 radical (unpaired) electrons. The van der Waals surface area contributed by atoms with Crippen molar-refractivity contribution in [3.05, 3.63) is 182 Å². The van der Waals surface area contributed by atoms with Gasteiger partial charge in [-0.15, -0.1) is 0 Å². The highest BCUT2D eigenvalue weighted by Gasteiger charge is 2.17. The maximum Gasteiger partial charge on any atom is 0.164 e. The maximum atomic E-state index is 9.06. The van der Waals surface area contributed by atoms with Crippen LogP contribution in [0.5, 0.6) is 0 Å². The van der Waals surface area contributed by atoms with Crippen LogP contribution in [0.15, 0.2) is 182 Å². The molecule has 9 rings (SSSR count). The van der Waals surface area contributed by atoms with E-state index in [-0.39, 0.29) is 34.1 Å². The highest BCUT2D eigenvalue weighted by Crippen LogP contribution is 2.38. The van der Waals surface area contributed by atoms with Crippen LogP contribution in [-0.4, -0.2) is 19.5 Å². The van der Waals surface area contributed by atoms with E-state index in [0.29, 0.717) is 39.6 Å². The number of nitrogens with zero attached hydrogens (tertiary/aromatic N) is 4. The van der Waals surface area contributed by atoms with Crippen molar-refractivity contribution in [3.8, 4) is 62.1 Å². The fourth-order valence-corrected chi connectivity index (χ4v) is 6.20. The first kappa shape index (κ1) is 20.6. The van der Waals surface area contributed by atoms with Gasteiger partial charge in [0.2, 0.25) is 0 Å². The molecule has 0 aliphatic rings. The van der Waals surface area contributed by atoms with E-state index in [9.17, 15) is 0 Å². The quantitative estimate of drug-likeness (QED) is 0.183. The number of benzene rings is 7. The van der Waals surface area contributed by atoms with Gasteiger partial charge in [-0.2, -0.15) is 0 Å². The lowest BCUT2D eigenvalue weighted by Crippen LogP contribution is -2.00. The van der Waals surface area contributed by atoms with E-state index in [0.717, 1.165) is 22.3 Å². The van der Waals surface area contributed by atoms with Crippen molar-refractivity contribution in [1.29, 1.82) is 0 Å². The van der Waals surface area contributed by atoms with Crippen molar-refractivity contribution in [2.45, 2.75) is 0 Å². The molecule has 2 aromatic heterocycles. The molecule has 0 bridgehead atoms. The molecule has 0 N–H and O–H groups in total. The Morgan fingerprint density at radius 2 is 0.980 bits per heavy atom. The van der Waals surface area contributed by atoms with Gasteiger partial charge in [0, 0.05) is 33.2 Å². The zero-order valence-electron chi connectivity index (χ0n) is 34.9. The molecule has 2 heterocycles. The normalized spacial score (nSPS) is 13.8. The van der Waals surface area contributed by atoms with Gasteiger partial charge in [0.25, 0.3) is 0 Å². The summed E-state index contributed by atoms with van der Waals surface area (Å²) in [7, 11) is 0. The van der Waals surface area contributed by atoms with E-state index in [1.807, 2.05) is 103 Å². The minimum absolute atomic E-state index is 0.0624. The van der Waals surface area contributed by atoms with Crippen molar-refractivity contribution in [2.75, 3.05) is 0 Å². The van der Waals surface area contributed by atoms with Crippen LogP contribution in [0.2, 0.25) is 0 Å². The second kappa shape index (κ2) is 12.2. The van der Waals surface area contributed by atoms with Crippen LogP contribution in [0.1, 0.15) is 12.3 Å². The Bertz CT molecular complexity index is 3070. The van der Waals surface area contributed by atoms with E-state index in [2.05, 4.69) is 6.07 Å². The Balaban J connectivity index is 1.24. The lowest BCUT2D eigenvalue weighted by molar-refractivity contribution is 1.07. The van der Waals surface area contributed by atoms with Crippen LogP contribution in [-0.2, 0) is 0 Å². The molecule has 0 aliphatic carbocycles. The largest absolute Gasteiger partial charge is 0.309 e. The number of rotatable bonds is 6. The molecule has 0 saturated carbocycles. The Kier molecular flexibility index (Phi) is 5.11. The molecule has 49 heavy (non-hydrogen) atoms. The average molecular weight is 636 g/mol. The summed E-state index contributed by atoms with van der Waals surface area (Å²) >= 11 is 0. The van der Waals surface area contributed by atoms with Gasteiger partial charge < -0.3 is 4.57 Å². The van der Waals surface area contributed by atoms with Gasteiger partial charge in [0.15, 0.2) is 17.5 Å². The highest BCUT2D eigenvalue weighted by molar-refractivity contribution is 6.15. The van der Waals surface area contributed by atoms with Gasteiger partial charge in [0.1, 0.15) is 0 Å². The second-order valence-corrected chi connectivity index (χ2v) is 11.4. The third-order valence-corrected chi connectivity index (χ3v) is 8.47. The van der Waals surface area contributed by atoms with Gasteiger partial charge in [-0.25, -0.2) is 15.0 Å². The number of para-hydroxylation sites is 1. The summed E-state index contributed by atoms with van der Waals surface area (Å²) in [6, 6.07) is 36.3. The molecule has 9 aromatic rings. The third-order valence-electron chi connectivity index (χ3n) is 8.47. The molecule has 0 aliphatic heterocycles. The third kappa shape index (κ3) is 5.26. The van der Waals surface area contributed by atoms with Gasteiger partial charge in [-0.1, -0.05) is 139 Å². The summed E-state index contributed by atoms with van der Waals surface area (Å²) in [5.41, 5.74) is 5.77. The van der Waals surface area contributed by atoms with E-state index in [4.69, 9.17) is 27.3 Å².